The van der Waals surface area contributed by atoms with E-state index in [0.717, 1.165) is 6.42 Å². The Labute approximate surface area is 122 Å². The number of benzene rings is 1. The van der Waals surface area contributed by atoms with Gasteiger partial charge in [-0.05, 0) is 12.0 Å². The summed E-state index contributed by atoms with van der Waals surface area (Å²) >= 11 is 6.14. The fourth-order valence-corrected chi connectivity index (χ4v) is 2.54. The molecule has 2 N–H and O–H groups in total. The molecule has 110 valence electrons. The van der Waals surface area contributed by atoms with E-state index in [4.69, 9.17) is 26.2 Å². The van der Waals surface area contributed by atoms with Gasteiger partial charge in [-0.25, -0.2) is 4.79 Å². The third-order valence-electron chi connectivity index (χ3n) is 3.15. The molecule has 1 aliphatic heterocycles. The maximum atomic E-state index is 11.1. The summed E-state index contributed by atoms with van der Waals surface area (Å²) in [6, 6.07) is 1.45. The molecule has 20 heavy (non-hydrogen) atoms. The summed E-state index contributed by atoms with van der Waals surface area (Å²) in [7, 11) is 0. The van der Waals surface area contributed by atoms with Crippen LogP contribution in [0, 0.1) is 0 Å². The molecule has 6 heteroatoms. The van der Waals surface area contributed by atoms with Crippen LogP contribution in [0.1, 0.15) is 43.4 Å². The summed E-state index contributed by atoms with van der Waals surface area (Å²) in [6.45, 7) is 4.76. The SMILES string of the molecule is CC(C)c1c(C(O)C(=O)O)cc(Cl)c2c1OCCCO2. The Morgan fingerprint density at radius 2 is 1.90 bits per heavy atom. The summed E-state index contributed by atoms with van der Waals surface area (Å²) in [6.07, 6.45) is -0.915. The molecule has 1 unspecified atom stereocenters. The van der Waals surface area contributed by atoms with Gasteiger partial charge in [0.2, 0.25) is 0 Å². The van der Waals surface area contributed by atoms with E-state index in [9.17, 15) is 9.90 Å². The molecule has 0 saturated carbocycles. The van der Waals surface area contributed by atoms with Crippen molar-refractivity contribution in [1.29, 1.82) is 0 Å². The molecule has 5 nitrogen and oxygen atoms in total. The largest absolute Gasteiger partial charge is 0.489 e. The van der Waals surface area contributed by atoms with Crippen LogP contribution < -0.4 is 9.47 Å². The first-order valence-corrected chi connectivity index (χ1v) is 6.84. The lowest BCUT2D eigenvalue weighted by atomic mass is 9.92. The van der Waals surface area contributed by atoms with Crippen molar-refractivity contribution in [2.24, 2.45) is 0 Å². The van der Waals surface area contributed by atoms with Crippen molar-refractivity contribution in [3.8, 4) is 11.5 Å². The van der Waals surface area contributed by atoms with Gasteiger partial charge >= 0.3 is 5.97 Å². The molecule has 0 bridgehead atoms. The highest BCUT2D eigenvalue weighted by molar-refractivity contribution is 6.32. The number of ether oxygens (including phenoxy) is 2. The Balaban J connectivity index is 2.66. The van der Waals surface area contributed by atoms with Gasteiger partial charge in [0.05, 0.1) is 18.2 Å². The second-order valence-corrected chi connectivity index (χ2v) is 5.37. The van der Waals surface area contributed by atoms with Gasteiger partial charge in [0.1, 0.15) is 0 Å². The summed E-state index contributed by atoms with van der Waals surface area (Å²) in [5, 5.41) is 19.1. The maximum Gasteiger partial charge on any atom is 0.337 e. The Kier molecular flexibility index (Phi) is 4.40. The highest BCUT2D eigenvalue weighted by atomic mass is 35.5. The van der Waals surface area contributed by atoms with Gasteiger partial charge < -0.3 is 19.7 Å². The van der Waals surface area contributed by atoms with E-state index in [1.807, 2.05) is 13.8 Å². The number of carboxylic acid groups (broad SMARTS) is 1. The molecule has 1 aromatic carbocycles. The van der Waals surface area contributed by atoms with Crippen LogP contribution in [0.25, 0.3) is 0 Å². The number of hydrogen-bond donors (Lipinski definition) is 2. The molecule has 0 radical (unpaired) electrons. The summed E-state index contributed by atoms with van der Waals surface area (Å²) < 4.78 is 11.3. The van der Waals surface area contributed by atoms with Gasteiger partial charge in [-0.1, -0.05) is 25.4 Å². The molecule has 1 aliphatic rings. The molecular formula is C14H17ClO5. The molecular weight excluding hydrogens is 284 g/mol. The third kappa shape index (κ3) is 2.69. The maximum absolute atomic E-state index is 11.1. The lowest BCUT2D eigenvalue weighted by Crippen LogP contribution is -2.15. The lowest BCUT2D eigenvalue weighted by Gasteiger charge is -2.21. The van der Waals surface area contributed by atoms with E-state index in [0.29, 0.717) is 30.3 Å². The van der Waals surface area contributed by atoms with Crippen LogP contribution >= 0.6 is 11.6 Å². The minimum atomic E-state index is -1.64. The first kappa shape index (κ1) is 14.9. The van der Waals surface area contributed by atoms with Crippen molar-refractivity contribution < 1.29 is 24.5 Å². The van der Waals surface area contributed by atoms with E-state index in [-0.39, 0.29) is 16.5 Å². The van der Waals surface area contributed by atoms with Gasteiger partial charge in [-0.3, -0.25) is 0 Å². The number of aliphatic hydroxyl groups excluding tert-OH is 1. The molecule has 0 aliphatic carbocycles. The Morgan fingerprint density at radius 3 is 2.45 bits per heavy atom. The molecule has 0 spiro atoms. The van der Waals surface area contributed by atoms with Crippen LogP contribution in [0.5, 0.6) is 11.5 Å². The average Bonchev–Trinajstić information content (AvgIpc) is 2.62. The number of carboxylic acids is 1. The van der Waals surface area contributed by atoms with Gasteiger partial charge in [0, 0.05) is 17.5 Å². The van der Waals surface area contributed by atoms with E-state index in [1.165, 1.54) is 6.07 Å². The first-order chi connectivity index (χ1) is 9.43. The number of carbonyl (C=O) groups is 1. The minimum absolute atomic E-state index is 0.0354. The van der Waals surface area contributed by atoms with Crippen LogP contribution in [-0.4, -0.2) is 29.4 Å². The second kappa shape index (κ2) is 5.89. The highest BCUT2D eigenvalue weighted by Crippen LogP contribution is 2.46. The van der Waals surface area contributed by atoms with Crippen LogP contribution in [0.2, 0.25) is 5.02 Å². The number of halogens is 1. The van der Waals surface area contributed by atoms with Crippen LogP contribution in [0.3, 0.4) is 0 Å². The zero-order valence-electron chi connectivity index (χ0n) is 11.4. The van der Waals surface area contributed by atoms with E-state index >= 15 is 0 Å². The average molecular weight is 301 g/mol. The molecule has 0 saturated heterocycles. The smallest absolute Gasteiger partial charge is 0.337 e. The monoisotopic (exact) mass is 300 g/mol. The quantitative estimate of drug-likeness (QED) is 0.897. The van der Waals surface area contributed by atoms with Gasteiger partial charge in [0.25, 0.3) is 0 Å². The number of hydrogen-bond acceptors (Lipinski definition) is 4. The van der Waals surface area contributed by atoms with Crippen molar-refractivity contribution in [2.45, 2.75) is 32.3 Å². The van der Waals surface area contributed by atoms with Gasteiger partial charge in [-0.15, -0.1) is 0 Å². The molecule has 1 atom stereocenters. The third-order valence-corrected chi connectivity index (χ3v) is 3.43. The number of rotatable bonds is 3. The van der Waals surface area contributed by atoms with Crippen molar-refractivity contribution >= 4 is 17.6 Å². The van der Waals surface area contributed by atoms with Crippen LogP contribution in [-0.2, 0) is 4.79 Å². The number of fused-ring (bicyclic) bond motifs is 1. The zero-order chi connectivity index (χ0) is 14.9. The minimum Gasteiger partial charge on any atom is -0.489 e. The first-order valence-electron chi connectivity index (χ1n) is 6.46. The molecule has 0 aromatic heterocycles. The van der Waals surface area contributed by atoms with E-state index in [2.05, 4.69) is 0 Å². The molecule has 1 heterocycles. The van der Waals surface area contributed by atoms with E-state index in [1.54, 1.807) is 0 Å². The number of aliphatic hydroxyl groups is 1. The van der Waals surface area contributed by atoms with Crippen molar-refractivity contribution in [1.82, 2.24) is 0 Å². The van der Waals surface area contributed by atoms with Gasteiger partial charge in [-0.2, -0.15) is 0 Å². The molecule has 2 rings (SSSR count). The van der Waals surface area contributed by atoms with Crippen LogP contribution in [0.15, 0.2) is 6.07 Å². The normalized spacial score (nSPS) is 15.8. The van der Waals surface area contributed by atoms with E-state index < -0.39 is 12.1 Å². The summed E-state index contributed by atoms with van der Waals surface area (Å²) in [5.74, 6) is -0.487. The molecule has 1 aromatic rings. The Hall–Kier alpha value is -1.46. The second-order valence-electron chi connectivity index (χ2n) is 4.97. The van der Waals surface area contributed by atoms with Crippen molar-refractivity contribution in [2.75, 3.05) is 13.2 Å². The predicted octanol–water partition coefficient (Wildman–Crippen LogP) is 2.74. The lowest BCUT2D eigenvalue weighted by molar-refractivity contribution is -0.147. The number of aliphatic carboxylic acids is 1. The molecule has 0 fully saturated rings. The fraction of sp³-hybridized carbons (Fsp3) is 0.500. The van der Waals surface area contributed by atoms with Crippen molar-refractivity contribution in [3.63, 3.8) is 0 Å². The topological polar surface area (TPSA) is 76.0 Å². The van der Waals surface area contributed by atoms with Crippen LogP contribution in [0.4, 0.5) is 0 Å². The predicted molar refractivity (Wildman–Crippen MR) is 73.7 cm³/mol. The fourth-order valence-electron chi connectivity index (χ4n) is 2.28. The summed E-state index contributed by atoms with van der Waals surface area (Å²) in [4.78, 5) is 11.1. The summed E-state index contributed by atoms with van der Waals surface area (Å²) in [5.41, 5.74) is 0.878. The Bertz CT molecular complexity index is 527. The Morgan fingerprint density at radius 1 is 1.30 bits per heavy atom. The standard InChI is InChI=1S/C14H17ClO5/c1-7(2)10-8(11(16)14(17)18)6-9(15)12-13(10)20-5-3-4-19-12/h6-7,11,16H,3-5H2,1-2H3,(H,17,18). The zero-order valence-corrected chi connectivity index (χ0v) is 12.1. The highest BCUT2D eigenvalue weighted by Gasteiger charge is 2.29. The van der Waals surface area contributed by atoms with Gasteiger partial charge in [0.15, 0.2) is 17.6 Å². The molecule has 0 amide bonds. The van der Waals surface area contributed by atoms with Crippen molar-refractivity contribution in [3.05, 3.63) is 22.2 Å².